The highest BCUT2D eigenvalue weighted by molar-refractivity contribution is 5.68. The topological polar surface area (TPSA) is 45.1 Å². The number of aliphatic hydroxyl groups excluding tert-OH is 1. The van der Waals surface area contributed by atoms with Crippen molar-refractivity contribution in [2.75, 3.05) is 13.1 Å². The van der Waals surface area contributed by atoms with Crippen molar-refractivity contribution in [3.05, 3.63) is 35.2 Å². The predicted molar refractivity (Wildman–Crippen MR) is 60.6 cm³/mol. The normalized spacial score (nSPS) is 21.3. The van der Waals surface area contributed by atoms with Crippen LogP contribution in [0.5, 0.6) is 0 Å². The highest BCUT2D eigenvalue weighted by Crippen LogP contribution is 2.18. The Balaban J connectivity index is 2.33. The maximum atomic E-state index is 9.51. The van der Waals surface area contributed by atoms with Crippen LogP contribution in [0.4, 0.5) is 0 Å². The van der Waals surface area contributed by atoms with Crippen molar-refractivity contribution >= 4 is 5.57 Å². The van der Waals surface area contributed by atoms with Crippen LogP contribution in [0, 0.1) is 13.8 Å². The fourth-order valence-electron chi connectivity index (χ4n) is 1.72. The quantitative estimate of drug-likeness (QED) is 0.718. The third-order valence-electron chi connectivity index (χ3n) is 2.77. The van der Waals surface area contributed by atoms with Crippen LogP contribution in [-0.4, -0.2) is 29.3 Å². The summed E-state index contributed by atoms with van der Waals surface area (Å²) < 4.78 is 0. The van der Waals surface area contributed by atoms with E-state index in [0.29, 0.717) is 6.54 Å². The number of hydrogen-bond acceptors (Lipinski definition) is 3. The Morgan fingerprint density at radius 1 is 1.47 bits per heavy atom. The Labute approximate surface area is 89.9 Å². The van der Waals surface area contributed by atoms with Crippen molar-refractivity contribution < 1.29 is 5.11 Å². The van der Waals surface area contributed by atoms with Gasteiger partial charge in [-0.15, -0.1) is 0 Å². The standard InChI is InChI=1S/C12H16N2O/c1-8-3-10(6-14-9(8)2)11-4-12(15)7-13-5-11/h3-4,6,12-13,15H,5,7H2,1-2H3. The number of rotatable bonds is 1. The summed E-state index contributed by atoms with van der Waals surface area (Å²) in [6.07, 6.45) is 3.39. The van der Waals surface area contributed by atoms with Crippen molar-refractivity contribution in [2.45, 2.75) is 20.0 Å². The second kappa shape index (κ2) is 4.13. The number of aromatic nitrogens is 1. The van der Waals surface area contributed by atoms with Crippen LogP contribution in [-0.2, 0) is 0 Å². The number of pyridine rings is 1. The maximum absolute atomic E-state index is 9.51. The fourth-order valence-corrected chi connectivity index (χ4v) is 1.72. The molecule has 0 saturated carbocycles. The molecular weight excluding hydrogens is 188 g/mol. The monoisotopic (exact) mass is 204 g/mol. The molecule has 0 aliphatic carbocycles. The first-order valence-electron chi connectivity index (χ1n) is 5.20. The van der Waals surface area contributed by atoms with Crippen LogP contribution in [0.15, 0.2) is 18.3 Å². The van der Waals surface area contributed by atoms with Gasteiger partial charge in [0.05, 0.1) is 6.10 Å². The van der Waals surface area contributed by atoms with Crippen LogP contribution in [0.3, 0.4) is 0 Å². The molecule has 2 rings (SSSR count). The van der Waals surface area contributed by atoms with Gasteiger partial charge in [-0.05, 0) is 42.7 Å². The van der Waals surface area contributed by atoms with Gasteiger partial charge in [-0.1, -0.05) is 0 Å². The molecule has 0 amide bonds. The molecule has 0 spiro atoms. The lowest BCUT2D eigenvalue weighted by molar-refractivity contribution is 0.217. The van der Waals surface area contributed by atoms with Crippen LogP contribution < -0.4 is 5.32 Å². The van der Waals surface area contributed by atoms with E-state index < -0.39 is 0 Å². The van der Waals surface area contributed by atoms with Gasteiger partial charge in [-0.2, -0.15) is 0 Å². The third kappa shape index (κ3) is 2.25. The minimum Gasteiger partial charge on any atom is -0.388 e. The molecule has 1 atom stereocenters. The molecule has 0 aromatic carbocycles. The minimum absolute atomic E-state index is 0.379. The zero-order chi connectivity index (χ0) is 10.8. The number of nitrogens with zero attached hydrogens (tertiary/aromatic N) is 1. The first-order chi connectivity index (χ1) is 7.16. The highest BCUT2D eigenvalue weighted by Gasteiger charge is 2.12. The molecule has 1 aliphatic rings. The SMILES string of the molecule is Cc1cc(C2=CC(O)CNC2)cnc1C. The second-order valence-corrected chi connectivity index (χ2v) is 4.02. The number of aliphatic hydroxyl groups is 1. The summed E-state index contributed by atoms with van der Waals surface area (Å²) >= 11 is 0. The summed E-state index contributed by atoms with van der Waals surface area (Å²) in [5.41, 5.74) is 4.48. The molecule has 1 aromatic rings. The molecule has 3 heteroatoms. The Bertz CT molecular complexity index is 399. The summed E-state index contributed by atoms with van der Waals surface area (Å²) in [7, 11) is 0. The van der Waals surface area contributed by atoms with Crippen molar-refractivity contribution in [2.24, 2.45) is 0 Å². The zero-order valence-corrected chi connectivity index (χ0v) is 9.12. The number of β-amino-alcohol motifs (C(OH)–C–C–N with tert-alkyl or cyclic N) is 1. The molecule has 80 valence electrons. The van der Waals surface area contributed by atoms with Gasteiger partial charge in [-0.25, -0.2) is 0 Å². The molecule has 0 bridgehead atoms. The molecule has 15 heavy (non-hydrogen) atoms. The molecule has 1 aromatic heterocycles. The highest BCUT2D eigenvalue weighted by atomic mass is 16.3. The Morgan fingerprint density at radius 2 is 2.27 bits per heavy atom. The number of nitrogens with one attached hydrogen (secondary N) is 1. The third-order valence-corrected chi connectivity index (χ3v) is 2.77. The van der Waals surface area contributed by atoms with E-state index in [1.165, 1.54) is 5.56 Å². The first-order valence-corrected chi connectivity index (χ1v) is 5.20. The van der Waals surface area contributed by atoms with Gasteiger partial charge >= 0.3 is 0 Å². The molecule has 1 aliphatic heterocycles. The van der Waals surface area contributed by atoms with Gasteiger partial charge in [0.25, 0.3) is 0 Å². The average Bonchev–Trinajstić information content (AvgIpc) is 2.22. The number of hydrogen-bond donors (Lipinski definition) is 2. The van der Waals surface area contributed by atoms with E-state index in [2.05, 4.69) is 23.3 Å². The predicted octanol–water partition coefficient (Wildman–Crippen LogP) is 1.05. The summed E-state index contributed by atoms with van der Waals surface area (Å²) in [5.74, 6) is 0. The maximum Gasteiger partial charge on any atom is 0.0851 e. The van der Waals surface area contributed by atoms with Crippen LogP contribution in [0.1, 0.15) is 16.8 Å². The van der Waals surface area contributed by atoms with Gasteiger partial charge in [0, 0.05) is 25.0 Å². The largest absolute Gasteiger partial charge is 0.388 e. The van der Waals surface area contributed by atoms with E-state index in [1.807, 2.05) is 19.2 Å². The van der Waals surface area contributed by atoms with Crippen molar-refractivity contribution in [3.8, 4) is 0 Å². The van der Waals surface area contributed by atoms with E-state index in [1.54, 1.807) is 0 Å². The van der Waals surface area contributed by atoms with Gasteiger partial charge in [0.1, 0.15) is 0 Å². The lowest BCUT2D eigenvalue weighted by Gasteiger charge is -2.19. The molecule has 0 fully saturated rings. The van der Waals surface area contributed by atoms with Crippen LogP contribution in [0.2, 0.25) is 0 Å². The van der Waals surface area contributed by atoms with E-state index in [9.17, 15) is 5.11 Å². The Morgan fingerprint density at radius 3 is 2.93 bits per heavy atom. The summed E-state index contributed by atoms with van der Waals surface area (Å²) in [4.78, 5) is 4.33. The summed E-state index contributed by atoms with van der Waals surface area (Å²) in [6, 6.07) is 2.12. The van der Waals surface area contributed by atoms with Gasteiger partial charge < -0.3 is 10.4 Å². The second-order valence-electron chi connectivity index (χ2n) is 4.02. The minimum atomic E-state index is -0.379. The molecule has 2 heterocycles. The molecule has 3 nitrogen and oxygen atoms in total. The summed E-state index contributed by atoms with van der Waals surface area (Å²) in [5, 5.41) is 12.7. The molecule has 0 saturated heterocycles. The van der Waals surface area contributed by atoms with E-state index in [-0.39, 0.29) is 6.10 Å². The van der Waals surface area contributed by atoms with Crippen LogP contribution in [0.25, 0.3) is 5.57 Å². The molecule has 0 radical (unpaired) electrons. The van der Waals surface area contributed by atoms with E-state index >= 15 is 0 Å². The first kappa shape index (κ1) is 10.3. The van der Waals surface area contributed by atoms with Crippen molar-refractivity contribution in [1.82, 2.24) is 10.3 Å². The lowest BCUT2D eigenvalue weighted by Crippen LogP contribution is -2.31. The van der Waals surface area contributed by atoms with Crippen LogP contribution >= 0.6 is 0 Å². The Kier molecular flexibility index (Phi) is 2.84. The van der Waals surface area contributed by atoms with Gasteiger partial charge in [0.15, 0.2) is 0 Å². The lowest BCUT2D eigenvalue weighted by atomic mass is 10.0. The summed E-state index contributed by atoms with van der Waals surface area (Å²) in [6.45, 7) is 5.50. The molecular formula is C12H16N2O. The molecule has 2 N–H and O–H groups in total. The fraction of sp³-hybridized carbons (Fsp3) is 0.417. The average molecular weight is 204 g/mol. The number of aryl methyl sites for hydroxylation is 2. The van der Waals surface area contributed by atoms with Crippen molar-refractivity contribution in [1.29, 1.82) is 0 Å². The van der Waals surface area contributed by atoms with E-state index in [0.717, 1.165) is 23.4 Å². The molecule has 1 unspecified atom stereocenters. The van der Waals surface area contributed by atoms with Gasteiger partial charge in [0.2, 0.25) is 0 Å². The zero-order valence-electron chi connectivity index (χ0n) is 9.12. The Hall–Kier alpha value is -1.19. The smallest absolute Gasteiger partial charge is 0.0851 e. The van der Waals surface area contributed by atoms with E-state index in [4.69, 9.17) is 0 Å². The van der Waals surface area contributed by atoms with Gasteiger partial charge in [-0.3, -0.25) is 4.98 Å². The van der Waals surface area contributed by atoms with Crippen molar-refractivity contribution in [3.63, 3.8) is 0 Å².